The molecule has 0 spiro atoms. The van der Waals surface area contributed by atoms with Gasteiger partial charge in [0.1, 0.15) is 0 Å². The highest BCUT2D eigenvalue weighted by molar-refractivity contribution is 7.99. The van der Waals surface area contributed by atoms with E-state index in [0.29, 0.717) is 23.9 Å². The van der Waals surface area contributed by atoms with Gasteiger partial charge in [0.2, 0.25) is 11.1 Å². The zero-order valence-electron chi connectivity index (χ0n) is 13.8. The van der Waals surface area contributed by atoms with E-state index >= 15 is 0 Å². The van der Waals surface area contributed by atoms with Crippen molar-refractivity contribution in [2.45, 2.75) is 31.0 Å². The van der Waals surface area contributed by atoms with Crippen LogP contribution in [0.15, 0.2) is 22.7 Å². The first kappa shape index (κ1) is 18.4. The van der Waals surface area contributed by atoms with Crippen LogP contribution < -0.4 is 0 Å². The Kier molecular flexibility index (Phi) is 5.80. The molecular weight excluding hydrogens is 380 g/mol. The van der Waals surface area contributed by atoms with Crippen LogP contribution in [0.1, 0.15) is 19.8 Å². The van der Waals surface area contributed by atoms with Crippen molar-refractivity contribution in [1.82, 2.24) is 20.1 Å². The second kappa shape index (κ2) is 7.88. The fourth-order valence-electron chi connectivity index (χ4n) is 2.82. The number of carbonyl (C=O) groups excluding carboxylic acids is 1. The van der Waals surface area contributed by atoms with Crippen molar-refractivity contribution in [3.63, 3.8) is 0 Å². The van der Waals surface area contributed by atoms with Gasteiger partial charge in [-0.1, -0.05) is 24.8 Å². The summed E-state index contributed by atoms with van der Waals surface area (Å²) in [6, 6.07) is 3.69. The largest absolute Gasteiger partial charge is 0.338 e. The Morgan fingerprint density at radius 2 is 2.36 bits per heavy atom. The van der Waals surface area contributed by atoms with Gasteiger partial charge in [0.15, 0.2) is 15.7 Å². The van der Waals surface area contributed by atoms with Crippen molar-refractivity contribution >= 4 is 38.8 Å². The van der Waals surface area contributed by atoms with Crippen LogP contribution in [0.3, 0.4) is 0 Å². The van der Waals surface area contributed by atoms with E-state index in [-0.39, 0.29) is 29.2 Å². The van der Waals surface area contributed by atoms with Gasteiger partial charge in [-0.3, -0.25) is 9.89 Å². The fraction of sp³-hybridized carbons (Fsp3) is 0.533. The van der Waals surface area contributed by atoms with Crippen molar-refractivity contribution in [2.24, 2.45) is 0 Å². The Bertz CT molecular complexity index is 817. The lowest BCUT2D eigenvalue weighted by Gasteiger charge is -2.27. The minimum atomic E-state index is -3.01. The molecule has 136 valence electrons. The molecule has 1 fully saturated rings. The summed E-state index contributed by atoms with van der Waals surface area (Å²) in [6.07, 6.45) is 1.33. The molecule has 2 aromatic heterocycles. The van der Waals surface area contributed by atoms with Gasteiger partial charge in [0.25, 0.3) is 0 Å². The molecule has 1 amide bonds. The highest BCUT2D eigenvalue weighted by Crippen LogP contribution is 2.24. The molecule has 0 unspecified atom stereocenters. The van der Waals surface area contributed by atoms with E-state index in [1.165, 1.54) is 11.8 Å². The fourth-order valence-corrected chi connectivity index (χ4v) is 5.90. The summed E-state index contributed by atoms with van der Waals surface area (Å²) >= 11 is 2.84. The van der Waals surface area contributed by atoms with Crippen molar-refractivity contribution in [1.29, 1.82) is 0 Å². The number of nitrogens with zero attached hydrogens (tertiary/aromatic N) is 3. The number of sulfone groups is 1. The average Bonchev–Trinajstić information content (AvgIpc) is 3.30. The number of rotatable bonds is 7. The number of hydrogen-bond donors (Lipinski definition) is 1. The third kappa shape index (κ3) is 4.62. The lowest BCUT2D eigenvalue weighted by atomic mass is 10.2. The van der Waals surface area contributed by atoms with Gasteiger partial charge in [0.05, 0.1) is 22.1 Å². The van der Waals surface area contributed by atoms with Gasteiger partial charge in [-0.05, 0) is 24.3 Å². The van der Waals surface area contributed by atoms with Gasteiger partial charge in [-0.15, -0.1) is 16.4 Å². The highest BCUT2D eigenvalue weighted by Gasteiger charge is 2.34. The molecule has 7 nitrogen and oxygen atoms in total. The molecule has 0 aromatic carbocycles. The molecule has 0 bridgehead atoms. The standard InChI is InChI=1S/C15H20N4O3S3/c1-2-6-19(11-5-8-25(21,22)10-11)13(20)9-24-15-16-14(17-18-15)12-4-3-7-23-12/h3-4,7,11H,2,5-6,8-10H2,1H3,(H,16,17,18)/t11-/m0/s1. The van der Waals surface area contributed by atoms with Crippen LogP contribution in [-0.2, 0) is 14.6 Å². The second-order valence-electron chi connectivity index (χ2n) is 5.88. The number of H-pyrrole nitrogens is 1. The van der Waals surface area contributed by atoms with E-state index in [2.05, 4.69) is 15.2 Å². The van der Waals surface area contributed by atoms with Crippen LogP contribution in [0.5, 0.6) is 0 Å². The average molecular weight is 401 g/mol. The number of thioether (sulfide) groups is 1. The number of aromatic nitrogens is 3. The van der Waals surface area contributed by atoms with E-state index in [0.717, 1.165) is 11.3 Å². The predicted molar refractivity (Wildman–Crippen MR) is 99.5 cm³/mol. The SMILES string of the molecule is CCCN(C(=O)CSc1n[nH]c(-c2cccs2)n1)[C@H]1CCS(=O)(=O)C1. The molecule has 1 saturated heterocycles. The molecule has 2 aromatic rings. The topological polar surface area (TPSA) is 96.0 Å². The van der Waals surface area contributed by atoms with Crippen molar-refractivity contribution < 1.29 is 13.2 Å². The Hall–Kier alpha value is -1.39. The first-order chi connectivity index (χ1) is 12.0. The smallest absolute Gasteiger partial charge is 0.233 e. The van der Waals surface area contributed by atoms with E-state index < -0.39 is 9.84 Å². The zero-order chi connectivity index (χ0) is 17.9. The van der Waals surface area contributed by atoms with E-state index in [1.807, 2.05) is 24.4 Å². The quantitative estimate of drug-likeness (QED) is 0.715. The first-order valence-corrected chi connectivity index (χ1v) is 11.8. The molecule has 25 heavy (non-hydrogen) atoms. The minimum absolute atomic E-state index is 0.0589. The molecule has 3 rings (SSSR count). The van der Waals surface area contributed by atoms with Gasteiger partial charge in [-0.2, -0.15) is 0 Å². The number of nitrogens with one attached hydrogen (secondary N) is 1. The maximum Gasteiger partial charge on any atom is 0.233 e. The van der Waals surface area contributed by atoms with Crippen LogP contribution in [0.25, 0.3) is 10.7 Å². The van der Waals surface area contributed by atoms with Gasteiger partial charge >= 0.3 is 0 Å². The molecule has 1 aliphatic heterocycles. The maximum absolute atomic E-state index is 12.6. The van der Waals surface area contributed by atoms with E-state index in [9.17, 15) is 13.2 Å². The molecular formula is C15H20N4O3S3. The predicted octanol–water partition coefficient (Wildman–Crippen LogP) is 2.05. The number of hydrogen-bond acceptors (Lipinski definition) is 7. The Labute approximate surface area is 155 Å². The third-order valence-corrected chi connectivity index (χ3v) is 7.44. The number of carbonyl (C=O) groups is 1. The summed E-state index contributed by atoms with van der Waals surface area (Å²) < 4.78 is 23.4. The summed E-state index contributed by atoms with van der Waals surface area (Å²) in [4.78, 5) is 19.7. The molecule has 1 aliphatic rings. The Morgan fingerprint density at radius 3 is 3.00 bits per heavy atom. The molecule has 1 N–H and O–H groups in total. The van der Waals surface area contributed by atoms with Crippen LogP contribution >= 0.6 is 23.1 Å². The summed E-state index contributed by atoms with van der Waals surface area (Å²) in [5.41, 5.74) is 0. The van der Waals surface area contributed by atoms with Crippen LogP contribution in [0.4, 0.5) is 0 Å². The molecule has 0 saturated carbocycles. The van der Waals surface area contributed by atoms with Crippen molar-refractivity contribution in [2.75, 3.05) is 23.8 Å². The highest BCUT2D eigenvalue weighted by atomic mass is 32.2. The van der Waals surface area contributed by atoms with Crippen molar-refractivity contribution in [3.05, 3.63) is 17.5 Å². The van der Waals surface area contributed by atoms with Gasteiger partial charge in [0, 0.05) is 12.6 Å². The number of aromatic amines is 1. The molecule has 0 radical (unpaired) electrons. The summed E-state index contributed by atoms with van der Waals surface area (Å²) in [5.74, 6) is 1.09. The van der Waals surface area contributed by atoms with Gasteiger partial charge < -0.3 is 4.90 Å². The zero-order valence-corrected chi connectivity index (χ0v) is 16.3. The number of amides is 1. The number of thiophene rings is 1. The Balaban J connectivity index is 1.60. The summed E-state index contributed by atoms with van der Waals surface area (Å²) in [5, 5.41) is 9.50. The lowest BCUT2D eigenvalue weighted by Crippen LogP contribution is -2.42. The second-order valence-corrected chi connectivity index (χ2v) is 10.00. The third-order valence-electron chi connectivity index (χ3n) is 3.98. The Morgan fingerprint density at radius 1 is 1.52 bits per heavy atom. The molecule has 0 aliphatic carbocycles. The molecule has 10 heteroatoms. The van der Waals surface area contributed by atoms with Crippen LogP contribution in [0, 0.1) is 0 Å². The summed E-state index contributed by atoms with van der Waals surface area (Å²) in [7, 11) is -3.01. The van der Waals surface area contributed by atoms with Crippen LogP contribution in [-0.4, -0.2) is 64.3 Å². The first-order valence-electron chi connectivity index (χ1n) is 8.07. The molecule has 3 heterocycles. The normalized spacial score (nSPS) is 19.2. The lowest BCUT2D eigenvalue weighted by molar-refractivity contribution is -0.130. The van der Waals surface area contributed by atoms with Crippen molar-refractivity contribution in [3.8, 4) is 10.7 Å². The monoisotopic (exact) mass is 400 g/mol. The maximum atomic E-state index is 12.6. The van der Waals surface area contributed by atoms with E-state index in [1.54, 1.807) is 16.2 Å². The summed E-state index contributed by atoms with van der Waals surface area (Å²) in [6.45, 7) is 2.56. The molecule has 1 atom stereocenters. The van der Waals surface area contributed by atoms with Crippen LogP contribution in [0.2, 0.25) is 0 Å². The van der Waals surface area contributed by atoms with Gasteiger partial charge in [-0.25, -0.2) is 13.4 Å². The minimum Gasteiger partial charge on any atom is -0.338 e. The van der Waals surface area contributed by atoms with E-state index in [4.69, 9.17) is 0 Å².